The van der Waals surface area contributed by atoms with Gasteiger partial charge in [0.2, 0.25) is 0 Å². The first kappa shape index (κ1) is 13.7. The Morgan fingerprint density at radius 2 is 2.25 bits per heavy atom. The van der Waals surface area contributed by atoms with Crippen LogP contribution in [-0.4, -0.2) is 17.8 Å². The monoisotopic (exact) mass is 319 g/mol. The first-order valence-corrected chi connectivity index (χ1v) is 8.29. The lowest BCUT2D eigenvalue weighted by molar-refractivity contribution is 1.13. The van der Waals surface area contributed by atoms with Crippen molar-refractivity contribution in [2.45, 2.75) is 11.7 Å². The normalized spacial score (nSPS) is 24.8. The summed E-state index contributed by atoms with van der Waals surface area (Å²) in [6.45, 7) is 0. The van der Waals surface area contributed by atoms with E-state index in [1.807, 2.05) is 18.2 Å². The molecule has 3 rings (SSSR count). The Balaban J connectivity index is 1.80. The van der Waals surface area contributed by atoms with Crippen molar-refractivity contribution >= 4 is 47.2 Å². The summed E-state index contributed by atoms with van der Waals surface area (Å²) in [4.78, 5) is 8.55. The second-order valence-electron chi connectivity index (χ2n) is 4.23. The molecule has 3 nitrogen and oxygen atoms in total. The van der Waals surface area contributed by atoms with Crippen LogP contribution in [0.1, 0.15) is 17.2 Å². The van der Waals surface area contributed by atoms with E-state index in [4.69, 9.17) is 16.9 Å². The number of nitrogens with zero attached hydrogens (tertiary/aromatic N) is 3. The molecule has 0 saturated carbocycles. The molecule has 20 heavy (non-hydrogen) atoms. The Morgan fingerprint density at radius 3 is 3.05 bits per heavy atom. The summed E-state index contributed by atoms with van der Waals surface area (Å²) in [5, 5.41) is 9.81. The molecule has 0 aliphatic carbocycles. The maximum absolute atomic E-state index is 8.65. The van der Waals surface area contributed by atoms with E-state index in [0.717, 1.165) is 20.7 Å². The van der Waals surface area contributed by atoms with E-state index in [2.05, 4.69) is 22.1 Å². The lowest BCUT2D eigenvalue weighted by Gasteiger charge is -2.09. The van der Waals surface area contributed by atoms with E-state index < -0.39 is 0 Å². The molecule has 1 aromatic carbocycles. The van der Waals surface area contributed by atoms with E-state index in [0.29, 0.717) is 11.1 Å². The first-order valence-electron chi connectivity index (χ1n) is 6.04. The van der Waals surface area contributed by atoms with Crippen LogP contribution in [0.25, 0.3) is 0 Å². The summed E-state index contributed by atoms with van der Waals surface area (Å²) >= 11 is 9.79. The van der Waals surface area contributed by atoms with Crippen molar-refractivity contribution < 1.29 is 0 Å². The Hall–Kier alpha value is -1.22. The van der Waals surface area contributed by atoms with Gasteiger partial charge in [0.15, 0.2) is 0 Å². The molecule has 0 amide bonds. The highest BCUT2D eigenvalue weighted by atomic mass is 35.5. The molecule has 1 aromatic rings. The number of thioether (sulfide) groups is 2. The predicted octanol–water partition coefficient (Wildman–Crippen LogP) is 4.43. The van der Waals surface area contributed by atoms with Gasteiger partial charge in [0.1, 0.15) is 11.5 Å². The number of allylic oxidation sites excluding steroid dienone is 1. The van der Waals surface area contributed by atoms with Crippen LogP contribution < -0.4 is 0 Å². The largest absolute Gasteiger partial charge is 0.238 e. The van der Waals surface area contributed by atoms with Crippen LogP contribution in [0, 0.1) is 11.3 Å². The summed E-state index contributed by atoms with van der Waals surface area (Å²) in [7, 11) is 0. The van der Waals surface area contributed by atoms with Gasteiger partial charge in [0, 0.05) is 16.0 Å². The van der Waals surface area contributed by atoms with Crippen LogP contribution in [0.5, 0.6) is 0 Å². The second-order valence-corrected chi connectivity index (χ2v) is 7.14. The fraction of sp³-hybridized carbons (Fsp3) is 0.214. The number of aliphatic imine (C=N–C) groups is 2. The number of halogens is 1. The van der Waals surface area contributed by atoms with E-state index in [1.54, 1.807) is 29.7 Å². The molecule has 0 radical (unpaired) electrons. The average molecular weight is 320 g/mol. The van der Waals surface area contributed by atoms with Gasteiger partial charge in [-0.1, -0.05) is 29.8 Å². The molecule has 0 spiro atoms. The number of rotatable bonds is 2. The number of hydrogen-bond acceptors (Lipinski definition) is 5. The van der Waals surface area contributed by atoms with Gasteiger partial charge in [-0.3, -0.25) is 0 Å². The maximum atomic E-state index is 8.65. The summed E-state index contributed by atoms with van der Waals surface area (Å²) in [5.41, 5.74) is 2.04. The first-order chi connectivity index (χ1) is 9.78. The van der Waals surface area contributed by atoms with Crippen molar-refractivity contribution in [1.82, 2.24) is 0 Å². The van der Waals surface area contributed by atoms with Crippen LogP contribution in [0.3, 0.4) is 0 Å². The van der Waals surface area contributed by atoms with Crippen molar-refractivity contribution in [3.63, 3.8) is 0 Å². The number of amidine groups is 1. The highest BCUT2D eigenvalue weighted by molar-refractivity contribution is 8.25. The molecule has 1 unspecified atom stereocenters. The molecule has 2 aliphatic heterocycles. The maximum Gasteiger partial charge on any atom is 0.143 e. The van der Waals surface area contributed by atoms with Crippen LogP contribution in [0.15, 0.2) is 44.2 Å². The quantitative estimate of drug-likeness (QED) is 0.810. The van der Waals surface area contributed by atoms with Gasteiger partial charge in [-0.15, -0.1) is 23.5 Å². The SMILES string of the molecule is N#CCC1=NC(=C2SCC(c3ccccc3Cl)S2)C=N1. The topological polar surface area (TPSA) is 48.5 Å². The van der Waals surface area contributed by atoms with E-state index in [1.165, 1.54) is 5.56 Å². The summed E-state index contributed by atoms with van der Waals surface area (Å²) in [6, 6.07) is 10.0. The predicted molar refractivity (Wildman–Crippen MR) is 87.4 cm³/mol. The highest BCUT2D eigenvalue weighted by Gasteiger charge is 2.27. The fourth-order valence-electron chi connectivity index (χ4n) is 1.96. The zero-order chi connectivity index (χ0) is 13.9. The van der Waals surface area contributed by atoms with Crippen LogP contribution in [0.4, 0.5) is 0 Å². The molecule has 0 aromatic heterocycles. The van der Waals surface area contributed by atoms with Gasteiger partial charge in [0.25, 0.3) is 0 Å². The minimum atomic E-state index is 0.260. The third-order valence-electron chi connectivity index (χ3n) is 2.90. The summed E-state index contributed by atoms with van der Waals surface area (Å²) in [5.74, 6) is 1.57. The lowest BCUT2D eigenvalue weighted by atomic mass is 10.2. The van der Waals surface area contributed by atoms with E-state index in [9.17, 15) is 0 Å². The van der Waals surface area contributed by atoms with Gasteiger partial charge in [0.05, 0.1) is 22.9 Å². The number of nitriles is 1. The molecule has 1 fully saturated rings. The van der Waals surface area contributed by atoms with Gasteiger partial charge < -0.3 is 0 Å². The molecule has 0 N–H and O–H groups in total. The highest BCUT2D eigenvalue weighted by Crippen LogP contribution is 2.52. The fourth-order valence-corrected chi connectivity index (χ4v) is 5.13. The van der Waals surface area contributed by atoms with Crippen LogP contribution >= 0.6 is 35.1 Å². The van der Waals surface area contributed by atoms with Gasteiger partial charge in [-0.2, -0.15) is 5.26 Å². The summed E-state index contributed by atoms with van der Waals surface area (Å²) < 4.78 is 1.16. The van der Waals surface area contributed by atoms with Gasteiger partial charge in [-0.05, 0) is 11.6 Å². The molecular weight excluding hydrogens is 310 g/mol. The molecule has 100 valence electrons. The molecule has 0 bridgehead atoms. The lowest BCUT2D eigenvalue weighted by Crippen LogP contribution is -1.92. The van der Waals surface area contributed by atoms with Gasteiger partial charge >= 0.3 is 0 Å². The minimum Gasteiger partial charge on any atom is -0.238 e. The van der Waals surface area contributed by atoms with Crippen molar-refractivity contribution in [3.05, 3.63) is 44.8 Å². The van der Waals surface area contributed by atoms with Gasteiger partial charge in [-0.25, -0.2) is 9.98 Å². The molecular formula is C14H10ClN3S2. The minimum absolute atomic E-state index is 0.260. The Labute approximate surface area is 130 Å². The van der Waals surface area contributed by atoms with Crippen molar-refractivity contribution in [3.8, 4) is 6.07 Å². The van der Waals surface area contributed by atoms with Crippen LogP contribution in [-0.2, 0) is 0 Å². The molecule has 1 atom stereocenters. The van der Waals surface area contributed by atoms with Crippen molar-refractivity contribution in [2.75, 3.05) is 5.75 Å². The second kappa shape index (κ2) is 6.04. The smallest absolute Gasteiger partial charge is 0.143 e. The number of hydrogen-bond donors (Lipinski definition) is 0. The van der Waals surface area contributed by atoms with E-state index in [-0.39, 0.29) is 6.42 Å². The Bertz CT molecular complexity index is 673. The van der Waals surface area contributed by atoms with E-state index >= 15 is 0 Å². The van der Waals surface area contributed by atoms with Crippen molar-refractivity contribution in [2.24, 2.45) is 9.98 Å². The molecule has 2 aliphatic rings. The zero-order valence-electron chi connectivity index (χ0n) is 10.4. The molecule has 2 heterocycles. The van der Waals surface area contributed by atoms with Crippen molar-refractivity contribution in [1.29, 1.82) is 5.26 Å². The standard InChI is InChI=1S/C14H10ClN3S2/c15-10-4-2-1-3-9(10)12-8-19-14(20-12)11-7-17-13(18-11)5-6-16/h1-4,7,12H,5,8H2. The van der Waals surface area contributed by atoms with Crippen LogP contribution in [0.2, 0.25) is 5.02 Å². The summed E-state index contributed by atoms with van der Waals surface area (Å²) in [6.07, 6.45) is 2.01. The number of benzene rings is 1. The molecule has 6 heteroatoms. The Kier molecular flexibility index (Phi) is 4.16. The Morgan fingerprint density at radius 1 is 1.40 bits per heavy atom. The third kappa shape index (κ3) is 2.78. The third-order valence-corrected chi connectivity index (χ3v) is 6.20. The molecule has 1 saturated heterocycles. The average Bonchev–Trinajstić information content (AvgIpc) is 3.08. The zero-order valence-corrected chi connectivity index (χ0v) is 12.8.